The summed E-state index contributed by atoms with van der Waals surface area (Å²) in [4.78, 5) is 22.5. The fourth-order valence-electron chi connectivity index (χ4n) is 3.55. The summed E-state index contributed by atoms with van der Waals surface area (Å²) in [7, 11) is 0. The predicted molar refractivity (Wildman–Crippen MR) is 137 cm³/mol. The van der Waals surface area contributed by atoms with Crippen molar-refractivity contribution in [2.45, 2.75) is 65.8 Å². The van der Waals surface area contributed by atoms with Crippen LogP contribution >= 0.6 is 0 Å². The molecule has 0 bridgehead atoms. The molecule has 0 atom stereocenters. The molecule has 2 N–H and O–H groups in total. The number of anilines is 1. The van der Waals surface area contributed by atoms with E-state index in [4.69, 9.17) is 9.47 Å². The number of aromatic hydroxyl groups is 1. The number of benzene rings is 2. The Labute approximate surface area is 203 Å². The molecule has 0 fully saturated rings. The van der Waals surface area contributed by atoms with E-state index in [9.17, 15) is 14.7 Å². The smallest absolute Gasteiger partial charge is 0.344 e. The zero-order chi connectivity index (χ0) is 25.5. The molecule has 0 aromatic heterocycles. The third kappa shape index (κ3) is 7.37. The first-order valence-electron chi connectivity index (χ1n) is 11.5. The van der Waals surface area contributed by atoms with E-state index in [0.717, 1.165) is 22.4 Å². The Morgan fingerprint density at radius 1 is 1.03 bits per heavy atom. The first-order chi connectivity index (χ1) is 15.9. The zero-order valence-electron chi connectivity index (χ0n) is 21.3. The highest BCUT2D eigenvalue weighted by molar-refractivity contribution is 5.77. The van der Waals surface area contributed by atoms with Gasteiger partial charge >= 0.3 is 5.97 Å². The van der Waals surface area contributed by atoms with Crippen LogP contribution in [-0.4, -0.2) is 30.6 Å². The molecule has 2 aromatic rings. The summed E-state index contributed by atoms with van der Waals surface area (Å²) in [6.07, 6.45) is 3.70. The average Bonchev–Trinajstić information content (AvgIpc) is 2.74. The van der Waals surface area contributed by atoms with Gasteiger partial charge in [-0.2, -0.15) is 0 Å². The van der Waals surface area contributed by atoms with E-state index in [1.807, 2.05) is 24.3 Å². The lowest BCUT2D eigenvalue weighted by Gasteiger charge is -2.28. The second kappa shape index (κ2) is 11.2. The van der Waals surface area contributed by atoms with E-state index in [1.54, 1.807) is 19.1 Å². The molecular formula is C28H37NO5. The summed E-state index contributed by atoms with van der Waals surface area (Å²) in [6.45, 7) is 14.9. The highest BCUT2D eigenvalue weighted by Crippen LogP contribution is 2.40. The summed E-state index contributed by atoms with van der Waals surface area (Å²) in [5, 5.41) is 14.4. The maximum absolute atomic E-state index is 11.6. The van der Waals surface area contributed by atoms with Crippen LogP contribution in [0.1, 0.15) is 70.7 Å². The molecule has 0 spiro atoms. The largest absolute Gasteiger partial charge is 0.507 e. The summed E-state index contributed by atoms with van der Waals surface area (Å²) >= 11 is 0. The average molecular weight is 468 g/mol. The van der Waals surface area contributed by atoms with Gasteiger partial charge in [0.15, 0.2) is 6.61 Å². The number of rotatable bonds is 9. The van der Waals surface area contributed by atoms with Crippen molar-refractivity contribution in [3.05, 3.63) is 58.7 Å². The number of ether oxygens (including phenoxy) is 2. The van der Waals surface area contributed by atoms with Crippen LogP contribution in [0.25, 0.3) is 6.08 Å². The normalized spacial score (nSPS) is 12.0. The molecule has 6 nitrogen and oxygen atoms in total. The van der Waals surface area contributed by atoms with Crippen LogP contribution in [0.15, 0.2) is 36.4 Å². The SMILES string of the molecule is CCOC(=O)COc1ccc(NCc2cc(C(C)(C)C)c(O)c(C(C)(C)C)c2)cc1C=CC=O. The number of carbonyl (C=O) groups is 2. The van der Waals surface area contributed by atoms with Gasteiger partial charge in [-0.05, 0) is 76.9 Å². The van der Waals surface area contributed by atoms with Gasteiger partial charge in [0.2, 0.25) is 0 Å². The Morgan fingerprint density at radius 3 is 2.18 bits per heavy atom. The third-order valence-electron chi connectivity index (χ3n) is 5.30. The van der Waals surface area contributed by atoms with Crippen molar-refractivity contribution in [1.29, 1.82) is 0 Å². The van der Waals surface area contributed by atoms with Crippen molar-refractivity contribution in [3.8, 4) is 11.5 Å². The van der Waals surface area contributed by atoms with E-state index in [-0.39, 0.29) is 24.0 Å². The van der Waals surface area contributed by atoms with Gasteiger partial charge in [0.1, 0.15) is 17.8 Å². The number of allylic oxidation sites excluding steroid dienone is 1. The van der Waals surface area contributed by atoms with Crippen molar-refractivity contribution in [2.24, 2.45) is 0 Å². The van der Waals surface area contributed by atoms with Crippen molar-refractivity contribution < 1.29 is 24.2 Å². The maximum atomic E-state index is 11.6. The molecule has 0 amide bonds. The van der Waals surface area contributed by atoms with E-state index in [0.29, 0.717) is 29.9 Å². The van der Waals surface area contributed by atoms with Gasteiger partial charge in [0.25, 0.3) is 0 Å². The topological polar surface area (TPSA) is 84.9 Å². The van der Waals surface area contributed by atoms with E-state index in [1.165, 1.54) is 6.08 Å². The van der Waals surface area contributed by atoms with Crippen LogP contribution in [0, 0.1) is 0 Å². The molecule has 0 aliphatic rings. The number of esters is 1. The molecule has 2 aromatic carbocycles. The molecule has 0 aliphatic carbocycles. The standard InChI is InChI=1S/C28H37NO5/c1-8-33-25(31)18-34-24-12-11-21(16-20(24)10-9-13-30)29-17-19-14-22(27(2,3)4)26(32)23(15-19)28(5,6)7/h9-16,29,32H,8,17-18H2,1-7H3. The Kier molecular flexibility index (Phi) is 8.91. The summed E-state index contributed by atoms with van der Waals surface area (Å²) in [5.74, 6) is 0.381. The van der Waals surface area contributed by atoms with Crippen LogP contribution in [-0.2, 0) is 31.7 Å². The number of phenolic OH excluding ortho intramolecular Hbond substituents is 1. The van der Waals surface area contributed by atoms with Gasteiger partial charge in [-0.15, -0.1) is 0 Å². The molecular weight excluding hydrogens is 430 g/mol. The third-order valence-corrected chi connectivity index (χ3v) is 5.30. The fraction of sp³-hybridized carbons (Fsp3) is 0.429. The lowest BCUT2D eigenvalue weighted by Crippen LogP contribution is -2.18. The van der Waals surface area contributed by atoms with Crippen molar-refractivity contribution >= 4 is 24.0 Å². The second-order valence-corrected chi connectivity index (χ2v) is 10.2. The molecule has 0 saturated carbocycles. The van der Waals surface area contributed by atoms with Gasteiger partial charge in [-0.3, -0.25) is 4.79 Å². The molecule has 0 radical (unpaired) electrons. The van der Waals surface area contributed by atoms with E-state index in [2.05, 4.69) is 46.9 Å². The van der Waals surface area contributed by atoms with Crippen molar-refractivity contribution in [2.75, 3.05) is 18.5 Å². The minimum Gasteiger partial charge on any atom is -0.507 e. The fourth-order valence-corrected chi connectivity index (χ4v) is 3.55. The predicted octanol–water partition coefficient (Wildman–Crippen LogP) is 5.75. The zero-order valence-corrected chi connectivity index (χ0v) is 21.3. The number of carbonyl (C=O) groups excluding carboxylic acids is 2. The van der Waals surface area contributed by atoms with Crippen molar-refractivity contribution in [3.63, 3.8) is 0 Å². The Morgan fingerprint density at radius 2 is 1.65 bits per heavy atom. The molecule has 0 heterocycles. The summed E-state index contributed by atoms with van der Waals surface area (Å²) < 4.78 is 10.5. The Balaban J connectivity index is 2.31. The number of phenols is 1. The van der Waals surface area contributed by atoms with Gasteiger partial charge < -0.3 is 19.9 Å². The van der Waals surface area contributed by atoms with Crippen LogP contribution in [0.3, 0.4) is 0 Å². The number of aldehydes is 1. The van der Waals surface area contributed by atoms with Crippen LogP contribution in [0.4, 0.5) is 5.69 Å². The van der Waals surface area contributed by atoms with Gasteiger partial charge in [-0.1, -0.05) is 41.5 Å². The van der Waals surface area contributed by atoms with E-state index < -0.39 is 5.97 Å². The Hall–Kier alpha value is -3.28. The second-order valence-electron chi connectivity index (χ2n) is 10.2. The molecule has 6 heteroatoms. The molecule has 34 heavy (non-hydrogen) atoms. The van der Waals surface area contributed by atoms with Crippen molar-refractivity contribution in [1.82, 2.24) is 0 Å². The quantitative estimate of drug-likeness (QED) is 0.277. The first-order valence-corrected chi connectivity index (χ1v) is 11.5. The first kappa shape index (κ1) is 27.0. The molecule has 0 saturated heterocycles. The van der Waals surface area contributed by atoms with Crippen LogP contribution in [0.2, 0.25) is 0 Å². The molecule has 0 aliphatic heterocycles. The number of hydrogen-bond donors (Lipinski definition) is 2. The molecule has 184 valence electrons. The lowest BCUT2D eigenvalue weighted by atomic mass is 9.78. The minimum absolute atomic E-state index is 0.204. The molecule has 0 unspecified atom stereocenters. The monoisotopic (exact) mass is 467 g/mol. The highest BCUT2D eigenvalue weighted by Gasteiger charge is 2.26. The lowest BCUT2D eigenvalue weighted by molar-refractivity contribution is -0.145. The van der Waals surface area contributed by atoms with Gasteiger partial charge in [-0.25, -0.2) is 4.79 Å². The molecule has 2 rings (SSSR count). The van der Waals surface area contributed by atoms with Gasteiger partial charge in [0, 0.05) is 17.8 Å². The number of hydrogen-bond acceptors (Lipinski definition) is 6. The minimum atomic E-state index is -0.452. The highest BCUT2D eigenvalue weighted by atomic mass is 16.6. The summed E-state index contributed by atoms with van der Waals surface area (Å²) in [5.41, 5.74) is 3.97. The number of nitrogens with one attached hydrogen (secondary N) is 1. The van der Waals surface area contributed by atoms with E-state index >= 15 is 0 Å². The van der Waals surface area contributed by atoms with Crippen LogP contribution in [0.5, 0.6) is 11.5 Å². The van der Waals surface area contributed by atoms with Gasteiger partial charge in [0.05, 0.1) is 6.61 Å². The van der Waals surface area contributed by atoms with Crippen LogP contribution < -0.4 is 10.1 Å². The Bertz CT molecular complexity index is 1010. The maximum Gasteiger partial charge on any atom is 0.344 e. The summed E-state index contributed by atoms with van der Waals surface area (Å²) in [6, 6.07) is 9.55.